The van der Waals surface area contributed by atoms with E-state index in [4.69, 9.17) is 11.6 Å². The first-order valence-electron chi connectivity index (χ1n) is 5.10. The third-order valence-electron chi connectivity index (χ3n) is 2.53. The molecule has 0 bridgehead atoms. The van der Waals surface area contributed by atoms with Crippen LogP contribution in [0.25, 0.3) is 0 Å². The number of aromatic nitrogens is 1. The number of methoxy groups -OCH3 is 1. The lowest BCUT2D eigenvalue weighted by atomic mass is 10.3. The number of halogens is 1. The van der Waals surface area contributed by atoms with Crippen molar-refractivity contribution in [2.24, 2.45) is 0 Å². The highest BCUT2D eigenvalue weighted by atomic mass is 35.5. The topological polar surface area (TPSA) is 59.5 Å². The van der Waals surface area contributed by atoms with Crippen LogP contribution in [0.1, 0.15) is 16.9 Å². The highest BCUT2D eigenvalue weighted by Gasteiger charge is 2.29. The molecule has 1 unspecified atom stereocenters. The Bertz CT molecular complexity index is 447. The van der Waals surface area contributed by atoms with Crippen LogP contribution >= 0.6 is 11.6 Å². The first kappa shape index (κ1) is 11.9. The predicted octanol–water partition coefficient (Wildman–Crippen LogP) is 1.21. The number of amides is 1. The van der Waals surface area contributed by atoms with Gasteiger partial charge in [0.25, 0.3) is 0 Å². The smallest absolute Gasteiger partial charge is 0.356 e. The molecule has 0 saturated carbocycles. The molecule has 6 heteroatoms. The maximum atomic E-state index is 11.6. The molecule has 90 valence electrons. The Kier molecular flexibility index (Phi) is 3.28. The van der Waals surface area contributed by atoms with Gasteiger partial charge in [-0.25, -0.2) is 9.78 Å². The Balaban J connectivity index is 2.18. The van der Waals surface area contributed by atoms with Crippen molar-refractivity contribution in [3.8, 4) is 0 Å². The van der Waals surface area contributed by atoms with Crippen molar-refractivity contribution in [3.05, 3.63) is 24.0 Å². The lowest BCUT2D eigenvalue weighted by Crippen LogP contribution is -2.24. The minimum Gasteiger partial charge on any atom is -0.464 e. The molecule has 1 aromatic rings. The Labute approximate surface area is 103 Å². The van der Waals surface area contributed by atoms with Crippen LogP contribution in [0.15, 0.2) is 18.3 Å². The van der Waals surface area contributed by atoms with Crippen LogP contribution in [0.3, 0.4) is 0 Å². The Morgan fingerprint density at radius 1 is 1.59 bits per heavy atom. The van der Waals surface area contributed by atoms with Crippen molar-refractivity contribution >= 4 is 29.2 Å². The molecular weight excluding hydrogens is 244 g/mol. The van der Waals surface area contributed by atoms with Crippen molar-refractivity contribution in [1.82, 2.24) is 4.98 Å². The number of pyridine rings is 1. The van der Waals surface area contributed by atoms with E-state index >= 15 is 0 Å². The van der Waals surface area contributed by atoms with Gasteiger partial charge in [-0.1, -0.05) is 0 Å². The fourth-order valence-corrected chi connectivity index (χ4v) is 1.95. The number of anilines is 1. The van der Waals surface area contributed by atoms with Gasteiger partial charge in [0.15, 0.2) is 0 Å². The number of esters is 1. The van der Waals surface area contributed by atoms with Gasteiger partial charge >= 0.3 is 5.97 Å². The molecule has 1 amide bonds. The van der Waals surface area contributed by atoms with E-state index in [-0.39, 0.29) is 17.0 Å². The lowest BCUT2D eigenvalue weighted by Gasteiger charge is -2.15. The molecule has 17 heavy (non-hydrogen) atoms. The van der Waals surface area contributed by atoms with Gasteiger partial charge in [0.2, 0.25) is 5.91 Å². The van der Waals surface area contributed by atoms with E-state index in [0.29, 0.717) is 18.7 Å². The highest BCUT2D eigenvalue weighted by molar-refractivity contribution is 6.24. The Morgan fingerprint density at radius 2 is 2.35 bits per heavy atom. The number of rotatable bonds is 2. The molecule has 0 spiro atoms. The predicted molar refractivity (Wildman–Crippen MR) is 62.2 cm³/mol. The first-order chi connectivity index (χ1) is 8.11. The average molecular weight is 255 g/mol. The Morgan fingerprint density at radius 3 is 2.82 bits per heavy atom. The molecule has 1 aliphatic heterocycles. The van der Waals surface area contributed by atoms with Gasteiger partial charge in [0.1, 0.15) is 5.69 Å². The van der Waals surface area contributed by atoms with E-state index in [0.717, 1.165) is 0 Å². The second kappa shape index (κ2) is 4.71. The minimum atomic E-state index is -0.500. The van der Waals surface area contributed by atoms with Crippen molar-refractivity contribution in [3.63, 3.8) is 0 Å². The molecule has 1 atom stereocenters. The van der Waals surface area contributed by atoms with Crippen LogP contribution in [0.4, 0.5) is 5.69 Å². The average Bonchev–Trinajstić information content (AvgIpc) is 2.68. The quantitative estimate of drug-likeness (QED) is 0.588. The number of carbonyl (C=O) groups excluding carboxylic acids is 2. The van der Waals surface area contributed by atoms with E-state index in [1.165, 1.54) is 19.4 Å². The van der Waals surface area contributed by atoms with Crippen molar-refractivity contribution in [1.29, 1.82) is 0 Å². The SMILES string of the molecule is COC(=O)c1ccc(N2CC(Cl)CC2=O)cn1. The molecule has 2 heterocycles. The molecule has 1 saturated heterocycles. The van der Waals surface area contributed by atoms with E-state index in [2.05, 4.69) is 9.72 Å². The molecule has 0 N–H and O–H groups in total. The van der Waals surface area contributed by atoms with E-state index in [9.17, 15) is 9.59 Å². The summed E-state index contributed by atoms with van der Waals surface area (Å²) in [6.07, 6.45) is 1.80. The molecule has 1 fully saturated rings. The number of ether oxygens (including phenoxy) is 1. The van der Waals surface area contributed by atoms with Gasteiger partial charge in [-0.05, 0) is 12.1 Å². The fourth-order valence-electron chi connectivity index (χ4n) is 1.68. The summed E-state index contributed by atoms with van der Waals surface area (Å²) < 4.78 is 4.54. The van der Waals surface area contributed by atoms with E-state index in [1.807, 2.05) is 0 Å². The van der Waals surface area contributed by atoms with Gasteiger partial charge in [0, 0.05) is 13.0 Å². The summed E-state index contributed by atoms with van der Waals surface area (Å²) in [6.45, 7) is 0.472. The lowest BCUT2D eigenvalue weighted by molar-refractivity contribution is -0.117. The number of carbonyl (C=O) groups is 2. The second-order valence-corrected chi connectivity index (χ2v) is 4.32. The first-order valence-corrected chi connectivity index (χ1v) is 5.54. The van der Waals surface area contributed by atoms with Crippen LogP contribution in [0, 0.1) is 0 Å². The van der Waals surface area contributed by atoms with Gasteiger partial charge in [-0.3, -0.25) is 4.79 Å². The number of alkyl halides is 1. The molecule has 0 radical (unpaired) electrons. The number of hydrogen-bond donors (Lipinski definition) is 0. The standard InChI is InChI=1S/C11H11ClN2O3/c1-17-11(16)9-3-2-8(5-13-9)14-6-7(12)4-10(14)15/h2-3,5,7H,4,6H2,1H3. The largest absolute Gasteiger partial charge is 0.464 e. The number of nitrogens with zero attached hydrogens (tertiary/aromatic N) is 2. The van der Waals surface area contributed by atoms with E-state index in [1.54, 1.807) is 11.0 Å². The zero-order valence-electron chi connectivity index (χ0n) is 9.22. The molecular formula is C11H11ClN2O3. The highest BCUT2D eigenvalue weighted by Crippen LogP contribution is 2.23. The molecule has 5 nitrogen and oxygen atoms in total. The van der Waals surface area contributed by atoms with Crippen molar-refractivity contribution in [2.75, 3.05) is 18.6 Å². The maximum absolute atomic E-state index is 11.6. The monoisotopic (exact) mass is 254 g/mol. The Hall–Kier alpha value is -1.62. The normalized spacial score (nSPS) is 19.5. The van der Waals surface area contributed by atoms with Crippen LogP contribution < -0.4 is 4.90 Å². The summed E-state index contributed by atoms with van der Waals surface area (Å²) in [5, 5.41) is -0.164. The zero-order chi connectivity index (χ0) is 12.4. The van der Waals surface area contributed by atoms with E-state index < -0.39 is 5.97 Å². The van der Waals surface area contributed by atoms with Gasteiger partial charge in [-0.2, -0.15) is 0 Å². The second-order valence-electron chi connectivity index (χ2n) is 3.70. The molecule has 1 aromatic heterocycles. The summed E-state index contributed by atoms with van der Waals surface area (Å²) in [7, 11) is 1.29. The van der Waals surface area contributed by atoms with Crippen LogP contribution in [0.5, 0.6) is 0 Å². The molecule has 2 rings (SSSR count). The third kappa shape index (κ3) is 2.39. The summed E-state index contributed by atoms with van der Waals surface area (Å²) in [5.41, 5.74) is 0.858. The molecule has 1 aliphatic rings. The van der Waals surface area contributed by atoms with Gasteiger partial charge in [-0.15, -0.1) is 11.6 Å². The van der Waals surface area contributed by atoms with Gasteiger partial charge in [0.05, 0.1) is 24.4 Å². The van der Waals surface area contributed by atoms with Crippen LogP contribution in [-0.2, 0) is 9.53 Å². The molecule has 0 aliphatic carbocycles. The third-order valence-corrected chi connectivity index (χ3v) is 2.82. The summed E-state index contributed by atoms with van der Waals surface area (Å²) in [6, 6.07) is 3.18. The molecule has 0 aromatic carbocycles. The zero-order valence-corrected chi connectivity index (χ0v) is 9.98. The maximum Gasteiger partial charge on any atom is 0.356 e. The fraction of sp³-hybridized carbons (Fsp3) is 0.364. The summed E-state index contributed by atoms with van der Waals surface area (Å²) in [4.78, 5) is 28.3. The minimum absolute atomic E-state index is 0.0300. The van der Waals surface area contributed by atoms with Gasteiger partial charge < -0.3 is 9.64 Å². The van der Waals surface area contributed by atoms with Crippen LogP contribution in [0.2, 0.25) is 0 Å². The summed E-state index contributed by atoms with van der Waals surface area (Å²) in [5.74, 6) is -0.530. The van der Waals surface area contributed by atoms with Crippen molar-refractivity contribution in [2.45, 2.75) is 11.8 Å². The van der Waals surface area contributed by atoms with Crippen LogP contribution in [-0.4, -0.2) is 35.9 Å². The van der Waals surface area contributed by atoms with Crippen molar-refractivity contribution < 1.29 is 14.3 Å². The number of hydrogen-bond acceptors (Lipinski definition) is 4. The summed E-state index contributed by atoms with van der Waals surface area (Å²) >= 11 is 5.90.